The molecule has 3 heterocycles. The number of nitrogens with zero attached hydrogens (tertiary/aromatic N) is 5. The van der Waals surface area contributed by atoms with Gasteiger partial charge in [-0.15, -0.1) is 0 Å². The molecule has 0 spiro atoms. The number of aromatic nitrogens is 3. The van der Waals surface area contributed by atoms with Crippen LogP contribution in [-0.2, 0) is 4.74 Å². The Kier molecular flexibility index (Phi) is 6.59. The normalized spacial score (nSPS) is 19.9. The lowest BCUT2D eigenvalue weighted by Gasteiger charge is -2.35. The van der Waals surface area contributed by atoms with E-state index in [-0.39, 0.29) is 36.9 Å². The number of benzene rings is 1. The number of hydrogen-bond acceptors (Lipinski definition) is 7. The van der Waals surface area contributed by atoms with Gasteiger partial charge in [0, 0.05) is 24.7 Å². The number of aliphatic hydroxyl groups excluding tert-OH is 1. The van der Waals surface area contributed by atoms with E-state index in [2.05, 4.69) is 10.4 Å². The van der Waals surface area contributed by atoms with Crippen LogP contribution in [0.4, 0.5) is 31.3 Å². The third-order valence-corrected chi connectivity index (χ3v) is 6.55. The Morgan fingerprint density at radius 2 is 1.97 bits per heavy atom. The number of carboxylic acid groups (broad SMARTS) is 1. The maximum absolute atomic E-state index is 14.3. The highest BCUT2D eigenvalue weighted by atomic mass is 19.1. The van der Waals surface area contributed by atoms with Crippen LogP contribution in [0.15, 0.2) is 36.5 Å². The first-order valence-electron chi connectivity index (χ1n) is 12.6. The van der Waals surface area contributed by atoms with Gasteiger partial charge in [-0.05, 0) is 64.2 Å². The van der Waals surface area contributed by atoms with E-state index in [1.165, 1.54) is 32.5 Å². The van der Waals surface area contributed by atoms with Gasteiger partial charge in [0.2, 0.25) is 0 Å². The van der Waals surface area contributed by atoms with Gasteiger partial charge in [0.05, 0.1) is 24.0 Å². The molecule has 3 N–H and O–H groups in total. The zero-order valence-electron chi connectivity index (χ0n) is 21.5. The molecular formula is C26H31FN6O5. The van der Waals surface area contributed by atoms with Crippen LogP contribution in [0, 0.1) is 5.82 Å². The Bertz CT molecular complexity index is 1370. The van der Waals surface area contributed by atoms with E-state index in [0.29, 0.717) is 11.5 Å². The molecule has 0 bridgehead atoms. The first-order chi connectivity index (χ1) is 18.0. The van der Waals surface area contributed by atoms with Crippen molar-refractivity contribution in [3.05, 3.63) is 47.9 Å². The second kappa shape index (κ2) is 9.75. The van der Waals surface area contributed by atoms with Crippen LogP contribution in [0.5, 0.6) is 0 Å². The van der Waals surface area contributed by atoms with Crippen LogP contribution in [0.2, 0.25) is 0 Å². The van der Waals surface area contributed by atoms with Gasteiger partial charge in [-0.1, -0.05) is 6.07 Å². The number of rotatable bonds is 5. The zero-order valence-corrected chi connectivity index (χ0v) is 21.5. The molecule has 2 aliphatic rings. The number of piperidine rings is 1. The van der Waals surface area contributed by atoms with E-state index >= 15 is 0 Å². The van der Waals surface area contributed by atoms with Gasteiger partial charge < -0.3 is 25.2 Å². The standard InChI is InChI=1S/C26H31FN6O5/c1-26(2,3)38-25(37)32(17-6-4-5-16(27)11-17)22-12-21(29-19-14-31(24(35)36)10-9-20(19)34)30-23-18(15-7-8-15)13-28-33(22)23/h4-6,11-13,15,19-20,34H,7-10,14H2,1-3H3,(H,29,30)(H,35,36). The number of amides is 2. The minimum absolute atomic E-state index is 0.0626. The summed E-state index contributed by atoms with van der Waals surface area (Å²) in [6.45, 7) is 5.50. The summed E-state index contributed by atoms with van der Waals surface area (Å²) in [5.41, 5.74) is 0.828. The molecule has 1 aliphatic heterocycles. The van der Waals surface area contributed by atoms with E-state index in [1.54, 1.807) is 39.1 Å². The van der Waals surface area contributed by atoms with Gasteiger partial charge in [-0.2, -0.15) is 9.61 Å². The van der Waals surface area contributed by atoms with Crippen molar-refractivity contribution in [1.82, 2.24) is 19.5 Å². The molecule has 38 heavy (non-hydrogen) atoms. The number of likely N-dealkylation sites (tertiary alicyclic amines) is 1. The van der Waals surface area contributed by atoms with Gasteiger partial charge in [0.15, 0.2) is 5.65 Å². The minimum atomic E-state index is -1.07. The quantitative estimate of drug-likeness (QED) is 0.447. The summed E-state index contributed by atoms with van der Waals surface area (Å²) in [4.78, 5) is 32.3. The van der Waals surface area contributed by atoms with Gasteiger partial charge in [-0.3, -0.25) is 0 Å². The number of ether oxygens (including phenoxy) is 1. The van der Waals surface area contributed by atoms with Crippen molar-refractivity contribution in [2.75, 3.05) is 23.3 Å². The lowest BCUT2D eigenvalue weighted by molar-refractivity contribution is 0.0595. The summed E-state index contributed by atoms with van der Waals surface area (Å²) in [6, 6.07) is 6.54. The Balaban J connectivity index is 1.62. The predicted octanol–water partition coefficient (Wildman–Crippen LogP) is 4.34. The Hall–Kier alpha value is -3.93. The second-order valence-electron chi connectivity index (χ2n) is 10.7. The van der Waals surface area contributed by atoms with Crippen LogP contribution in [0.3, 0.4) is 0 Å². The van der Waals surface area contributed by atoms with E-state index in [0.717, 1.165) is 18.4 Å². The summed E-state index contributed by atoms with van der Waals surface area (Å²) < 4.78 is 21.5. The van der Waals surface area contributed by atoms with Crippen molar-refractivity contribution in [2.45, 2.75) is 63.7 Å². The average Bonchev–Trinajstić information content (AvgIpc) is 3.58. The molecule has 0 radical (unpaired) electrons. The van der Waals surface area contributed by atoms with Gasteiger partial charge >= 0.3 is 12.2 Å². The third-order valence-electron chi connectivity index (χ3n) is 6.55. The first kappa shape index (κ1) is 25.7. The number of carbonyl (C=O) groups excluding carboxylic acids is 1. The lowest BCUT2D eigenvalue weighted by atomic mass is 10.0. The van der Waals surface area contributed by atoms with Crippen LogP contribution in [0.25, 0.3) is 5.65 Å². The molecule has 12 heteroatoms. The van der Waals surface area contributed by atoms with Crippen LogP contribution in [-0.4, -0.2) is 72.7 Å². The number of carbonyl (C=O) groups is 2. The fourth-order valence-electron chi connectivity index (χ4n) is 4.58. The number of hydrogen-bond donors (Lipinski definition) is 3. The van der Waals surface area contributed by atoms with Crippen molar-refractivity contribution in [3.63, 3.8) is 0 Å². The largest absolute Gasteiger partial charge is 0.465 e. The van der Waals surface area contributed by atoms with Crippen molar-refractivity contribution in [2.24, 2.45) is 0 Å². The molecule has 202 valence electrons. The summed E-state index contributed by atoms with van der Waals surface area (Å²) in [5, 5.41) is 27.7. The number of halogens is 1. The molecule has 2 aromatic heterocycles. The zero-order chi connectivity index (χ0) is 27.2. The molecule has 3 aromatic rings. The van der Waals surface area contributed by atoms with E-state index in [1.807, 2.05) is 0 Å². The molecule has 1 saturated carbocycles. The fourth-order valence-corrected chi connectivity index (χ4v) is 4.58. The average molecular weight is 527 g/mol. The molecule has 1 saturated heterocycles. The minimum Gasteiger partial charge on any atom is -0.465 e. The summed E-state index contributed by atoms with van der Waals surface area (Å²) in [7, 11) is 0. The molecule has 11 nitrogen and oxygen atoms in total. The van der Waals surface area contributed by atoms with Crippen LogP contribution >= 0.6 is 0 Å². The highest BCUT2D eigenvalue weighted by Gasteiger charge is 2.34. The Morgan fingerprint density at radius 3 is 2.63 bits per heavy atom. The van der Waals surface area contributed by atoms with Gasteiger partial charge in [0.1, 0.15) is 23.1 Å². The molecule has 2 fully saturated rings. The number of fused-ring (bicyclic) bond motifs is 1. The molecule has 5 rings (SSSR count). The van der Waals surface area contributed by atoms with E-state index in [4.69, 9.17) is 9.72 Å². The SMILES string of the molecule is CC(C)(C)OC(=O)N(c1cccc(F)c1)c1cc(NC2CN(C(=O)O)CCC2O)nc2c(C3CC3)cnn12. The van der Waals surface area contributed by atoms with Crippen LogP contribution in [0.1, 0.15) is 51.5 Å². The lowest BCUT2D eigenvalue weighted by Crippen LogP contribution is -2.52. The Morgan fingerprint density at radius 1 is 1.21 bits per heavy atom. The van der Waals surface area contributed by atoms with Crippen molar-refractivity contribution in [3.8, 4) is 0 Å². The maximum Gasteiger partial charge on any atom is 0.420 e. The second-order valence-corrected chi connectivity index (χ2v) is 10.7. The number of anilines is 3. The highest BCUT2D eigenvalue weighted by Crippen LogP contribution is 2.43. The van der Waals surface area contributed by atoms with Gasteiger partial charge in [-0.25, -0.2) is 23.9 Å². The number of aliphatic hydroxyl groups is 1. The smallest absolute Gasteiger partial charge is 0.420 e. The number of nitrogens with one attached hydrogen (secondary N) is 1. The van der Waals surface area contributed by atoms with Crippen molar-refractivity contribution < 1.29 is 28.9 Å². The molecular weight excluding hydrogens is 495 g/mol. The summed E-state index contributed by atoms with van der Waals surface area (Å²) in [6.07, 6.45) is 1.36. The molecule has 2 amide bonds. The van der Waals surface area contributed by atoms with Crippen LogP contribution < -0.4 is 10.2 Å². The molecule has 2 atom stereocenters. The fraction of sp³-hybridized carbons (Fsp3) is 0.462. The van der Waals surface area contributed by atoms with Gasteiger partial charge in [0.25, 0.3) is 0 Å². The summed E-state index contributed by atoms with van der Waals surface area (Å²) >= 11 is 0. The van der Waals surface area contributed by atoms with E-state index < -0.39 is 35.8 Å². The molecule has 2 unspecified atom stereocenters. The third kappa shape index (κ3) is 5.35. The van der Waals surface area contributed by atoms with Crippen molar-refractivity contribution in [1.29, 1.82) is 0 Å². The molecule has 1 aliphatic carbocycles. The topological polar surface area (TPSA) is 133 Å². The van der Waals surface area contributed by atoms with Crippen molar-refractivity contribution >= 4 is 35.2 Å². The summed E-state index contributed by atoms with van der Waals surface area (Å²) in [5.74, 6) is 0.328. The maximum atomic E-state index is 14.3. The highest BCUT2D eigenvalue weighted by molar-refractivity contribution is 5.96. The monoisotopic (exact) mass is 526 g/mol. The first-order valence-corrected chi connectivity index (χ1v) is 12.6. The molecule has 1 aromatic carbocycles. The Labute approximate surface area is 218 Å². The predicted molar refractivity (Wildman–Crippen MR) is 137 cm³/mol. The van der Waals surface area contributed by atoms with E-state index in [9.17, 15) is 24.2 Å².